The molecule has 4 rings (SSSR count). The highest BCUT2D eigenvalue weighted by Gasteiger charge is 2.24. The largest absolute Gasteiger partial charge is 0.381 e. The third kappa shape index (κ3) is 2.16. The van der Waals surface area contributed by atoms with Crippen molar-refractivity contribution in [2.45, 2.75) is 32.1 Å². The molecule has 1 saturated heterocycles. The normalized spacial score (nSPS) is 18.8. The van der Waals surface area contributed by atoms with E-state index in [1.165, 1.54) is 5.39 Å². The van der Waals surface area contributed by atoms with Crippen LogP contribution >= 0.6 is 11.3 Å². The predicted molar refractivity (Wildman–Crippen MR) is 84.1 cm³/mol. The van der Waals surface area contributed by atoms with Gasteiger partial charge in [0.05, 0.1) is 17.2 Å². The first-order valence-electron chi connectivity index (χ1n) is 7.51. The van der Waals surface area contributed by atoms with Crippen molar-refractivity contribution in [3.05, 3.63) is 17.6 Å². The van der Waals surface area contributed by atoms with Crippen LogP contribution in [0.2, 0.25) is 0 Å². The van der Waals surface area contributed by atoms with Crippen molar-refractivity contribution in [3.8, 4) is 10.8 Å². The van der Waals surface area contributed by atoms with Crippen LogP contribution in [0.5, 0.6) is 0 Å². The van der Waals surface area contributed by atoms with E-state index < -0.39 is 0 Å². The second kappa shape index (κ2) is 5.17. The summed E-state index contributed by atoms with van der Waals surface area (Å²) in [5, 5.41) is 9.91. The topological polar surface area (TPSA) is 66.0 Å². The molecule has 0 saturated carbocycles. The van der Waals surface area contributed by atoms with E-state index in [1.54, 1.807) is 11.3 Å². The summed E-state index contributed by atoms with van der Waals surface area (Å²) in [5.74, 6) is 2.00. The summed E-state index contributed by atoms with van der Waals surface area (Å²) in [5.41, 5.74) is 1.11. The summed E-state index contributed by atoms with van der Waals surface area (Å²) >= 11 is 1.64. The molecule has 0 bridgehead atoms. The fraction of sp³-hybridized carbons (Fsp3) is 0.533. The number of fused-ring (bicyclic) bond motifs is 1. The summed E-state index contributed by atoms with van der Waals surface area (Å²) in [7, 11) is 1.98. The Balaban J connectivity index is 1.73. The van der Waals surface area contributed by atoms with Gasteiger partial charge in [-0.3, -0.25) is 4.68 Å². The Morgan fingerprint density at radius 1 is 1.41 bits per heavy atom. The number of rotatable bonds is 3. The third-order valence-electron chi connectivity index (χ3n) is 4.03. The van der Waals surface area contributed by atoms with E-state index in [4.69, 9.17) is 9.26 Å². The molecule has 1 aliphatic heterocycles. The van der Waals surface area contributed by atoms with Crippen LogP contribution in [0, 0.1) is 0 Å². The molecule has 0 aliphatic carbocycles. The lowest BCUT2D eigenvalue weighted by atomic mass is 10.1. The standard InChI is InChI=1S/C15H18N4O2S/c1-8(2)12-10-6-11(22-15(10)19(3)17-12)14-16-13(18-21-14)9-4-5-20-7-9/h6,8-9H,4-5,7H2,1-3H3. The molecule has 1 aliphatic rings. The highest BCUT2D eigenvalue weighted by Crippen LogP contribution is 2.37. The second-order valence-electron chi connectivity index (χ2n) is 6.01. The molecular formula is C15H18N4O2S. The third-order valence-corrected chi connectivity index (χ3v) is 5.22. The van der Waals surface area contributed by atoms with Crippen molar-refractivity contribution in [2.24, 2.45) is 7.05 Å². The van der Waals surface area contributed by atoms with Crippen LogP contribution in [0.25, 0.3) is 21.0 Å². The van der Waals surface area contributed by atoms with Gasteiger partial charge < -0.3 is 9.26 Å². The van der Waals surface area contributed by atoms with Crippen molar-refractivity contribution in [1.29, 1.82) is 0 Å². The molecule has 0 N–H and O–H groups in total. The molecule has 0 radical (unpaired) electrons. The average Bonchev–Trinajstić information content (AvgIpc) is 3.24. The molecule has 1 atom stereocenters. The van der Waals surface area contributed by atoms with Gasteiger partial charge in [-0.05, 0) is 18.4 Å². The van der Waals surface area contributed by atoms with Gasteiger partial charge in [-0.15, -0.1) is 11.3 Å². The maximum Gasteiger partial charge on any atom is 0.268 e. The molecule has 4 heterocycles. The number of thiophene rings is 1. The fourth-order valence-corrected chi connectivity index (χ4v) is 3.84. The van der Waals surface area contributed by atoms with Gasteiger partial charge in [-0.25, -0.2) is 0 Å². The van der Waals surface area contributed by atoms with Crippen LogP contribution < -0.4 is 0 Å². The van der Waals surface area contributed by atoms with Crippen LogP contribution in [-0.2, 0) is 11.8 Å². The Hall–Kier alpha value is -1.73. The zero-order valence-corrected chi connectivity index (χ0v) is 13.7. The van der Waals surface area contributed by atoms with Gasteiger partial charge in [0, 0.05) is 25.0 Å². The number of hydrogen-bond acceptors (Lipinski definition) is 6. The van der Waals surface area contributed by atoms with E-state index >= 15 is 0 Å². The molecular weight excluding hydrogens is 300 g/mol. The number of aryl methyl sites for hydroxylation is 1. The maximum absolute atomic E-state index is 5.47. The Labute approximate surface area is 132 Å². The van der Waals surface area contributed by atoms with Gasteiger partial charge in [0.25, 0.3) is 5.89 Å². The molecule has 0 aromatic carbocycles. The molecule has 22 heavy (non-hydrogen) atoms. The van der Waals surface area contributed by atoms with E-state index in [0.717, 1.165) is 34.3 Å². The summed E-state index contributed by atoms with van der Waals surface area (Å²) < 4.78 is 12.8. The lowest BCUT2D eigenvalue weighted by Gasteiger charge is -1.98. The molecule has 7 heteroatoms. The van der Waals surface area contributed by atoms with Gasteiger partial charge in [0.15, 0.2) is 5.82 Å². The maximum atomic E-state index is 5.47. The minimum Gasteiger partial charge on any atom is -0.381 e. The van der Waals surface area contributed by atoms with Crippen molar-refractivity contribution in [3.63, 3.8) is 0 Å². The first kappa shape index (κ1) is 13.9. The van der Waals surface area contributed by atoms with E-state index in [1.807, 2.05) is 11.7 Å². The van der Waals surface area contributed by atoms with Crippen LogP contribution in [0.4, 0.5) is 0 Å². The average molecular weight is 318 g/mol. The van der Waals surface area contributed by atoms with E-state index in [0.29, 0.717) is 18.4 Å². The molecule has 1 unspecified atom stereocenters. The minimum absolute atomic E-state index is 0.264. The van der Waals surface area contributed by atoms with Crippen molar-refractivity contribution < 1.29 is 9.26 Å². The Kier molecular flexibility index (Phi) is 3.27. The minimum atomic E-state index is 0.264. The first-order valence-corrected chi connectivity index (χ1v) is 8.33. The summed E-state index contributed by atoms with van der Waals surface area (Å²) in [4.78, 5) is 6.71. The van der Waals surface area contributed by atoms with Crippen molar-refractivity contribution in [1.82, 2.24) is 19.9 Å². The molecule has 1 fully saturated rings. The molecule has 6 nitrogen and oxygen atoms in total. The Morgan fingerprint density at radius 3 is 3.00 bits per heavy atom. The quantitative estimate of drug-likeness (QED) is 0.741. The van der Waals surface area contributed by atoms with Gasteiger partial charge in [0.2, 0.25) is 0 Å². The molecule has 3 aromatic heterocycles. The molecule has 0 spiro atoms. The fourth-order valence-electron chi connectivity index (χ4n) is 2.84. The summed E-state index contributed by atoms with van der Waals surface area (Å²) in [6.07, 6.45) is 0.965. The highest BCUT2D eigenvalue weighted by molar-refractivity contribution is 7.21. The number of ether oxygens (including phenoxy) is 1. The van der Waals surface area contributed by atoms with Gasteiger partial charge >= 0.3 is 0 Å². The Morgan fingerprint density at radius 2 is 2.27 bits per heavy atom. The van der Waals surface area contributed by atoms with Crippen LogP contribution in [-0.4, -0.2) is 33.1 Å². The monoisotopic (exact) mass is 318 g/mol. The van der Waals surface area contributed by atoms with Gasteiger partial charge in [-0.1, -0.05) is 19.0 Å². The molecule has 3 aromatic rings. The van der Waals surface area contributed by atoms with E-state index in [2.05, 4.69) is 35.2 Å². The van der Waals surface area contributed by atoms with E-state index in [9.17, 15) is 0 Å². The SMILES string of the molecule is CC(C)c1nn(C)c2sc(-c3nc(C4CCOC4)no3)cc12. The van der Waals surface area contributed by atoms with Crippen molar-refractivity contribution >= 4 is 21.6 Å². The predicted octanol–water partition coefficient (Wildman–Crippen LogP) is 3.31. The summed E-state index contributed by atoms with van der Waals surface area (Å²) in [6.45, 7) is 5.78. The number of hydrogen-bond donors (Lipinski definition) is 0. The smallest absolute Gasteiger partial charge is 0.268 e. The van der Waals surface area contributed by atoms with Crippen LogP contribution in [0.1, 0.15) is 43.6 Å². The number of nitrogens with zero attached hydrogens (tertiary/aromatic N) is 4. The van der Waals surface area contributed by atoms with E-state index in [-0.39, 0.29) is 5.92 Å². The van der Waals surface area contributed by atoms with Gasteiger partial charge in [0.1, 0.15) is 4.83 Å². The zero-order chi connectivity index (χ0) is 15.3. The highest BCUT2D eigenvalue weighted by atomic mass is 32.1. The van der Waals surface area contributed by atoms with Crippen molar-refractivity contribution in [2.75, 3.05) is 13.2 Å². The van der Waals surface area contributed by atoms with Crippen LogP contribution in [0.3, 0.4) is 0 Å². The Bertz CT molecular complexity index is 811. The van der Waals surface area contributed by atoms with Crippen LogP contribution in [0.15, 0.2) is 10.6 Å². The summed E-state index contributed by atoms with van der Waals surface area (Å²) in [6, 6.07) is 2.12. The first-order chi connectivity index (χ1) is 10.6. The number of aromatic nitrogens is 4. The van der Waals surface area contributed by atoms with Gasteiger partial charge in [-0.2, -0.15) is 10.1 Å². The second-order valence-corrected chi connectivity index (χ2v) is 7.04. The molecule has 0 amide bonds. The lowest BCUT2D eigenvalue weighted by molar-refractivity contribution is 0.192. The zero-order valence-electron chi connectivity index (χ0n) is 12.9. The molecule has 116 valence electrons. The lowest BCUT2D eigenvalue weighted by Crippen LogP contribution is -1.99.